The van der Waals surface area contributed by atoms with Gasteiger partial charge in [0.2, 0.25) is 41.4 Å². The first-order valence-electron chi connectivity index (χ1n) is 29.4. The summed E-state index contributed by atoms with van der Waals surface area (Å²) in [5, 5.41) is 23.8. The fourth-order valence-electron chi connectivity index (χ4n) is 8.73. The van der Waals surface area contributed by atoms with Crippen molar-refractivity contribution >= 4 is 71.1 Å². The smallest absolute Gasteiger partial charge is 0.475 e. The van der Waals surface area contributed by atoms with Gasteiger partial charge < -0.3 is 62.0 Å². The minimum atomic E-state index is -5.08. The quantitative estimate of drug-likeness (QED) is 0.0323. The van der Waals surface area contributed by atoms with E-state index in [0.29, 0.717) is 56.4 Å². The van der Waals surface area contributed by atoms with E-state index >= 15 is 0 Å². The van der Waals surface area contributed by atoms with Gasteiger partial charge in [-0.3, -0.25) is 49.2 Å². The molecule has 1 saturated heterocycles. The summed E-state index contributed by atoms with van der Waals surface area (Å²) in [6, 6.07) is 1.61. The number of unbranched alkanes of at least 4 members (excludes halogenated alkanes) is 3. The largest absolute Gasteiger partial charge is 0.490 e. The maximum atomic E-state index is 14.5. The van der Waals surface area contributed by atoms with Gasteiger partial charge in [0.25, 0.3) is 5.91 Å². The number of alkyl halides is 3. The van der Waals surface area contributed by atoms with Crippen molar-refractivity contribution in [3.05, 3.63) is 29.8 Å². The van der Waals surface area contributed by atoms with E-state index in [9.17, 15) is 61.1 Å². The highest BCUT2D eigenvalue weighted by Gasteiger charge is 2.39. The van der Waals surface area contributed by atoms with E-state index in [1.165, 1.54) is 16.7 Å². The van der Waals surface area contributed by atoms with Gasteiger partial charge in [0.15, 0.2) is 0 Å². The number of amides is 10. The predicted molar refractivity (Wildman–Crippen MR) is 314 cm³/mol. The number of hydrazine groups is 1. The molecule has 86 heavy (non-hydrogen) atoms. The van der Waals surface area contributed by atoms with Crippen LogP contribution < -0.4 is 48.5 Å². The van der Waals surface area contributed by atoms with Crippen molar-refractivity contribution in [3.63, 3.8) is 0 Å². The number of aliphatic carboxylic acids is 1. The van der Waals surface area contributed by atoms with Gasteiger partial charge in [0.1, 0.15) is 42.4 Å². The third-order valence-electron chi connectivity index (χ3n) is 12.7. The first-order chi connectivity index (χ1) is 40.0. The molecule has 1 aromatic rings. The number of alkyl carbamates (subject to hydrolysis) is 2. The lowest BCUT2D eigenvalue weighted by Gasteiger charge is -2.31. The van der Waals surface area contributed by atoms with Gasteiger partial charge in [-0.15, -0.1) is 0 Å². The van der Waals surface area contributed by atoms with Crippen LogP contribution in [0.1, 0.15) is 166 Å². The van der Waals surface area contributed by atoms with E-state index in [4.69, 9.17) is 25.1 Å². The lowest BCUT2D eigenvalue weighted by Crippen LogP contribution is -2.57. The fourth-order valence-corrected chi connectivity index (χ4v) is 8.73. The Morgan fingerprint density at radius 2 is 1.22 bits per heavy atom. The second-order valence-corrected chi connectivity index (χ2v) is 23.9. The van der Waals surface area contributed by atoms with E-state index in [1.807, 2.05) is 55.4 Å². The summed E-state index contributed by atoms with van der Waals surface area (Å²) < 4.78 is 42.5. The van der Waals surface area contributed by atoms with Crippen molar-refractivity contribution in [1.82, 2.24) is 47.2 Å². The zero-order chi connectivity index (χ0) is 65.5. The van der Waals surface area contributed by atoms with Crippen LogP contribution in [-0.4, -0.2) is 155 Å². The second-order valence-electron chi connectivity index (χ2n) is 23.9. The molecule has 1 fully saturated rings. The van der Waals surface area contributed by atoms with Crippen molar-refractivity contribution in [2.75, 3.05) is 38.0 Å². The van der Waals surface area contributed by atoms with Gasteiger partial charge in [-0.2, -0.15) is 13.2 Å². The van der Waals surface area contributed by atoms with Gasteiger partial charge in [-0.05, 0) is 133 Å². The Morgan fingerprint density at radius 3 is 1.74 bits per heavy atom. The summed E-state index contributed by atoms with van der Waals surface area (Å²) in [6.07, 6.45) is -1.28. The minimum Gasteiger partial charge on any atom is -0.475 e. The number of hydrogen-bond donors (Lipinski definition) is 10. The average Bonchev–Trinajstić information content (AvgIpc) is 3.90. The number of nitrogens with one attached hydrogen (secondary N) is 8. The number of benzene rings is 1. The maximum Gasteiger partial charge on any atom is 0.490 e. The summed E-state index contributed by atoms with van der Waals surface area (Å²) in [4.78, 5) is 145. The van der Waals surface area contributed by atoms with Crippen LogP contribution in [0.5, 0.6) is 0 Å². The van der Waals surface area contributed by atoms with Gasteiger partial charge in [0.05, 0.1) is 6.54 Å². The van der Waals surface area contributed by atoms with E-state index in [-0.39, 0.29) is 87.3 Å². The number of carbonyl (C=O) groups excluding carboxylic acids is 10. The zero-order valence-corrected chi connectivity index (χ0v) is 52.1. The van der Waals surface area contributed by atoms with Crippen LogP contribution in [-0.2, 0) is 59.2 Å². The number of ether oxygens (including phenoxy) is 2. The zero-order valence-electron chi connectivity index (χ0n) is 52.1. The van der Waals surface area contributed by atoms with Crippen molar-refractivity contribution in [2.24, 2.45) is 29.4 Å². The average molecular weight is 1230 g/mol. The monoisotopic (exact) mass is 1230 g/mol. The number of carboxylic acid groups (broad SMARTS) is 1. The lowest BCUT2D eigenvalue weighted by molar-refractivity contribution is -0.192. The number of anilines is 1. The molecule has 11 N–H and O–H groups in total. The fraction of sp³-hybridized carbons (Fsp3) is 0.707. The summed E-state index contributed by atoms with van der Waals surface area (Å²) in [5.41, 5.74) is 10.5. The topological polar surface area (TPSA) is 355 Å². The van der Waals surface area contributed by atoms with Gasteiger partial charge >= 0.3 is 24.3 Å². The van der Waals surface area contributed by atoms with Crippen LogP contribution in [0.2, 0.25) is 0 Å². The van der Waals surface area contributed by atoms with Gasteiger partial charge in [0, 0.05) is 38.7 Å². The van der Waals surface area contributed by atoms with Crippen LogP contribution >= 0.6 is 0 Å². The highest BCUT2D eigenvalue weighted by Crippen LogP contribution is 2.20. The Bertz CT molecular complexity index is 2370. The number of carboxylic acids is 1. The molecule has 0 aromatic heterocycles. The third-order valence-corrected chi connectivity index (χ3v) is 12.7. The Hall–Kier alpha value is -7.26. The molecule has 10 amide bonds. The first-order valence-corrected chi connectivity index (χ1v) is 29.4. The molecule has 25 nitrogen and oxygen atoms in total. The number of hydrogen-bond acceptors (Lipinski definition) is 14. The maximum absolute atomic E-state index is 14.5. The van der Waals surface area contributed by atoms with E-state index in [0.717, 1.165) is 12.8 Å². The third kappa shape index (κ3) is 32.9. The molecule has 0 unspecified atom stereocenters. The SMILES string of the molecule is CC(=O)N1CCC[C@H]1C(=O)N[C@@H](CC(C)C)C(=O)N(CCCCNC(=O)OC(C)(C)C)CC(=O)N[C@@H](CC(C)C)C(=O)N[C@@H](CC(C)C)C(=O)Nc1ccc(COC(=O)N[C@H](CC(C)C)C(=O)NNC(=O)CCCCCN)cc1.O=C(O)C(F)(F)F. The number of rotatable bonds is 32. The van der Waals surface area contributed by atoms with Crippen molar-refractivity contribution in [3.8, 4) is 0 Å². The highest BCUT2D eigenvalue weighted by atomic mass is 19.4. The molecule has 0 radical (unpaired) electrons. The van der Waals surface area contributed by atoms with E-state index < -0.39 is 102 Å². The van der Waals surface area contributed by atoms with Crippen LogP contribution in [0, 0.1) is 23.7 Å². The Morgan fingerprint density at radius 1 is 0.674 bits per heavy atom. The molecule has 2 rings (SSSR count). The molecular weight excluding hydrogens is 1130 g/mol. The number of carbonyl (C=O) groups is 11. The molecule has 488 valence electrons. The van der Waals surface area contributed by atoms with Crippen LogP contribution in [0.3, 0.4) is 0 Å². The molecule has 1 heterocycles. The molecule has 0 aliphatic carbocycles. The van der Waals surface area contributed by atoms with Gasteiger partial charge in [-0.1, -0.05) is 73.9 Å². The number of nitrogens with two attached hydrogens (primary N) is 1. The standard InChI is InChI=1S/C56H95N11O12.C2HF3O2/c1-35(2)29-42(60-48(70)33-66(27-17-16-26-58-54(76)79-56(10,11)12)53(75)45(32-38(7)8)62-52(74)46-19-18-28-67(46)39(9)68)50(72)61-43(30-36(3)4)49(71)59-41-23-21-40(22-24-41)34-78-55(77)63-44(31-37(5)6)51(73)65-64-47(69)20-14-13-15-25-57;3-2(4,5)1(6)7/h21-24,35-38,42-46H,13-20,25-34,57H2,1-12H3,(H,58,76)(H,59,71)(H,60,70)(H,61,72)(H,62,74)(H,63,77)(H,64,69)(H,65,73);(H,6,7)/t42-,43-,44+,45-,46-;/m0./s1. The summed E-state index contributed by atoms with van der Waals surface area (Å²) >= 11 is 0. The molecule has 1 aliphatic heterocycles. The molecule has 28 heteroatoms. The normalized spacial score (nSPS) is 14.6. The first kappa shape index (κ1) is 76.8. The molecule has 0 spiro atoms. The Labute approximate surface area is 503 Å². The molecular formula is C58H96F3N11O14. The minimum absolute atomic E-state index is 0.0222. The molecule has 0 saturated carbocycles. The highest BCUT2D eigenvalue weighted by molar-refractivity contribution is 5.99. The molecule has 1 aromatic carbocycles. The Balaban J connectivity index is 0.00000495. The summed E-state index contributed by atoms with van der Waals surface area (Å²) in [5.74, 6) is -6.86. The predicted octanol–water partition coefficient (Wildman–Crippen LogP) is 5.30. The second kappa shape index (κ2) is 38.7. The summed E-state index contributed by atoms with van der Waals surface area (Å²) in [6.45, 7) is 22.4. The van der Waals surface area contributed by atoms with E-state index in [2.05, 4.69) is 42.8 Å². The number of halogens is 3. The number of nitrogens with zero attached hydrogens (tertiary/aromatic N) is 2. The lowest BCUT2D eigenvalue weighted by atomic mass is 10.00. The van der Waals surface area contributed by atoms with Crippen LogP contribution in [0.4, 0.5) is 28.4 Å². The molecule has 0 bridgehead atoms. The van der Waals surface area contributed by atoms with Crippen LogP contribution in [0.15, 0.2) is 24.3 Å². The van der Waals surface area contributed by atoms with E-state index in [1.54, 1.807) is 45.0 Å². The van der Waals surface area contributed by atoms with Crippen molar-refractivity contribution < 1.29 is 80.5 Å². The van der Waals surface area contributed by atoms with Gasteiger partial charge in [-0.25, -0.2) is 14.4 Å². The van der Waals surface area contributed by atoms with Crippen molar-refractivity contribution in [1.29, 1.82) is 0 Å². The van der Waals surface area contributed by atoms with Crippen molar-refractivity contribution in [2.45, 2.75) is 209 Å². The Kier molecular flexibility index (Phi) is 34.6. The molecule has 5 atom stereocenters. The summed E-state index contributed by atoms with van der Waals surface area (Å²) in [7, 11) is 0. The number of likely N-dealkylation sites (tertiary alicyclic amines) is 1. The molecule has 1 aliphatic rings. The van der Waals surface area contributed by atoms with Crippen LogP contribution in [0.25, 0.3) is 0 Å².